The van der Waals surface area contributed by atoms with Crippen molar-refractivity contribution in [1.29, 1.82) is 0 Å². The van der Waals surface area contributed by atoms with E-state index >= 15 is 0 Å². The highest BCUT2D eigenvalue weighted by Gasteiger charge is 2.20. The SMILES string of the molecule is C/C=C\c1c(N)n(-c2ccc(-c3ccc(C)cc3)cc2)c2ccc(-c3ccccc3-n3c4ccccc4c4cc(-n5c6ccc(C)cc6c6cc(C)ccc65)ccc43)cc12. The number of allylic oxidation sites excluding steroid dienone is 1. The Hall–Kier alpha value is -7.56. The predicted octanol–water partition coefficient (Wildman–Crippen LogP) is 14.7. The lowest BCUT2D eigenvalue weighted by molar-refractivity contribution is 1.14. The molecule has 0 saturated carbocycles. The average Bonchev–Trinajstić information content (AvgIpc) is 3.87. The number of hydrogen-bond donors (Lipinski definition) is 1. The van der Waals surface area contributed by atoms with Gasteiger partial charge in [-0.3, -0.25) is 4.57 Å². The lowest BCUT2D eigenvalue weighted by Gasteiger charge is -2.15. The van der Waals surface area contributed by atoms with Gasteiger partial charge in [-0.2, -0.15) is 0 Å². The molecule has 0 atom stereocenters. The van der Waals surface area contributed by atoms with Gasteiger partial charge in [0.05, 0.1) is 33.3 Å². The van der Waals surface area contributed by atoms with Crippen molar-refractivity contribution < 1.29 is 0 Å². The Morgan fingerprint density at radius 2 is 0.917 bits per heavy atom. The second kappa shape index (κ2) is 13.8. The van der Waals surface area contributed by atoms with Crippen LogP contribution in [-0.2, 0) is 0 Å². The topological polar surface area (TPSA) is 40.8 Å². The minimum absolute atomic E-state index is 0.725. The van der Waals surface area contributed by atoms with Crippen LogP contribution in [0.5, 0.6) is 0 Å². The van der Waals surface area contributed by atoms with E-state index in [9.17, 15) is 0 Å². The molecule has 0 aliphatic rings. The third-order valence-electron chi connectivity index (χ3n) is 12.3. The van der Waals surface area contributed by atoms with Gasteiger partial charge in [0.25, 0.3) is 0 Å². The van der Waals surface area contributed by atoms with Gasteiger partial charge in [0.1, 0.15) is 5.82 Å². The highest BCUT2D eigenvalue weighted by molar-refractivity contribution is 6.13. The summed E-state index contributed by atoms with van der Waals surface area (Å²) >= 11 is 0. The summed E-state index contributed by atoms with van der Waals surface area (Å²) in [6, 6.07) is 62.3. The van der Waals surface area contributed by atoms with Gasteiger partial charge in [0.15, 0.2) is 0 Å². The number of nitrogens with two attached hydrogens (primary N) is 1. The van der Waals surface area contributed by atoms with Gasteiger partial charge in [-0.05, 0) is 123 Å². The molecule has 0 unspecified atom stereocenters. The molecule has 0 fully saturated rings. The molecular weight excluding hydrogens is 729 g/mol. The zero-order valence-corrected chi connectivity index (χ0v) is 34.2. The molecule has 0 bridgehead atoms. The lowest BCUT2D eigenvalue weighted by atomic mass is 10.00. The Morgan fingerprint density at radius 3 is 1.63 bits per heavy atom. The van der Waals surface area contributed by atoms with Gasteiger partial charge in [0, 0.05) is 49.4 Å². The molecule has 288 valence electrons. The minimum atomic E-state index is 0.725. The van der Waals surface area contributed by atoms with Crippen LogP contribution in [0.4, 0.5) is 5.82 Å². The van der Waals surface area contributed by atoms with Crippen molar-refractivity contribution in [2.45, 2.75) is 27.7 Å². The quantitative estimate of drug-likeness (QED) is 0.180. The van der Waals surface area contributed by atoms with Gasteiger partial charge in [-0.15, -0.1) is 0 Å². The van der Waals surface area contributed by atoms with Crippen molar-refractivity contribution in [3.05, 3.63) is 198 Å². The zero-order chi connectivity index (χ0) is 40.6. The molecule has 60 heavy (non-hydrogen) atoms. The molecular formula is C56H44N4. The van der Waals surface area contributed by atoms with Crippen LogP contribution in [-0.4, -0.2) is 13.7 Å². The Balaban J connectivity index is 1.06. The predicted molar refractivity (Wildman–Crippen MR) is 256 cm³/mol. The third-order valence-corrected chi connectivity index (χ3v) is 12.3. The van der Waals surface area contributed by atoms with Crippen molar-refractivity contribution in [2.24, 2.45) is 0 Å². The van der Waals surface area contributed by atoms with E-state index in [2.05, 4.69) is 223 Å². The summed E-state index contributed by atoms with van der Waals surface area (Å²) in [6.45, 7) is 8.52. The lowest BCUT2D eigenvalue weighted by Crippen LogP contribution is -2.00. The van der Waals surface area contributed by atoms with E-state index in [1.165, 1.54) is 71.4 Å². The van der Waals surface area contributed by atoms with Gasteiger partial charge >= 0.3 is 0 Å². The van der Waals surface area contributed by atoms with E-state index < -0.39 is 0 Å². The molecule has 0 saturated heterocycles. The van der Waals surface area contributed by atoms with E-state index in [0.717, 1.165) is 50.5 Å². The van der Waals surface area contributed by atoms with Crippen LogP contribution in [0.1, 0.15) is 29.2 Å². The van der Waals surface area contributed by atoms with Crippen molar-refractivity contribution in [3.8, 4) is 39.3 Å². The van der Waals surface area contributed by atoms with Gasteiger partial charge in [-0.1, -0.05) is 120 Å². The number of benzene rings is 8. The van der Waals surface area contributed by atoms with E-state index in [-0.39, 0.29) is 0 Å². The van der Waals surface area contributed by atoms with E-state index in [4.69, 9.17) is 5.73 Å². The summed E-state index contributed by atoms with van der Waals surface area (Å²) in [5, 5.41) is 6.13. The maximum absolute atomic E-state index is 7.05. The van der Waals surface area contributed by atoms with Crippen molar-refractivity contribution in [3.63, 3.8) is 0 Å². The van der Waals surface area contributed by atoms with Gasteiger partial charge in [0.2, 0.25) is 0 Å². The van der Waals surface area contributed by atoms with Gasteiger partial charge in [-0.25, -0.2) is 0 Å². The van der Waals surface area contributed by atoms with Gasteiger partial charge < -0.3 is 14.9 Å². The number of hydrogen-bond acceptors (Lipinski definition) is 1. The van der Waals surface area contributed by atoms with Crippen molar-refractivity contribution in [2.75, 3.05) is 5.73 Å². The first kappa shape index (κ1) is 35.6. The third kappa shape index (κ3) is 5.52. The van der Waals surface area contributed by atoms with Crippen molar-refractivity contribution >= 4 is 66.4 Å². The second-order valence-corrected chi connectivity index (χ2v) is 16.2. The van der Waals surface area contributed by atoms with Crippen LogP contribution in [0.3, 0.4) is 0 Å². The van der Waals surface area contributed by atoms with Crippen LogP contribution in [0, 0.1) is 20.8 Å². The second-order valence-electron chi connectivity index (χ2n) is 16.2. The molecule has 4 nitrogen and oxygen atoms in total. The summed E-state index contributed by atoms with van der Waals surface area (Å²) in [5.41, 5.74) is 25.7. The molecule has 0 aliphatic heterocycles. The molecule has 0 spiro atoms. The van der Waals surface area contributed by atoms with Crippen LogP contribution in [0.15, 0.2) is 176 Å². The number of anilines is 1. The molecule has 3 heterocycles. The zero-order valence-electron chi connectivity index (χ0n) is 34.2. The molecule has 8 aromatic carbocycles. The highest BCUT2D eigenvalue weighted by atomic mass is 15.1. The Bertz CT molecular complexity index is 3460. The summed E-state index contributed by atoms with van der Waals surface area (Å²) in [5.74, 6) is 0.725. The molecule has 3 aromatic heterocycles. The van der Waals surface area contributed by atoms with Crippen LogP contribution < -0.4 is 5.73 Å². The highest BCUT2D eigenvalue weighted by Crippen LogP contribution is 2.41. The van der Waals surface area contributed by atoms with Crippen LogP contribution >= 0.6 is 0 Å². The molecule has 11 rings (SSSR count). The summed E-state index contributed by atoms with van der Waals surface area (Å²) in [7, 11) is 0. The number of nitrogens with zero attached hydrogens (tertiary/aromatic N) is 3. The Labute approximate surface area is 349 Å². The first-order valence-corrected chi connectivity index (χ1v) is 20.8. The molecule has 2 N–H and O–H groups in total. The summed E-state index contributed by atoms with van der Waals surface area (Å²) < 4.78 is 7.05. The smallest absolute Gasteiger partial charge is 0.116 e. The average molecular weight is 773 g/mol. The molecule has 0 amide bonds. The number of fused-ring (bicyclic) bond motifs is 7. The first-order chi connectivity index (χ1) is 29.4. The Morgan fingerprint density at radius 1 is 0.400 bits per heavy atom. The molecule has 0 radical (unpaired) electrons. The number of para-hydroxylation sites is 2. The van der Waals surface area contributed by atoms with Crippen LogP contribution in [0.2, 0.25) is 0 Å². The van der Waals surface area contributed by atoms with Crippen molar-refractivity contribution in [1.82, 2.24) is 13.7 Å². The maximum Gasteiger partial charge on any atom is 0.116 e. The fourth-order valence-electron chi connectivity index (χ4n) is 9.47. The van der Waals surface area contributed by atoms with Crippen LogP contribution in [0.25, 0.3) is 99.9 Å². The number of rotatable bonds is 6. The first-order valence-electron chi connectivity index (χ1n) is 20.8. The molecule has 4 heteroatoms. The van der Waals surface area contributed by atoms with E-state index in [0.29, 0.717) is 0 Å². The number of nitrogen functional groups attached to an aromatic ring is 1. The number of aryl methyl sites for hydroxylation is 3. The van der Waals surface area contributed by atoms with E-state index in [1.54, 1.807) is 0 Å². The monoisotopic (exact) mass is 772 g/mol. The fourth-order valence-corrected chi connectivity index (χ4v) is 9.47. The Kier molecular flexibility index (Phi) is 8.18. The summed E-state index contributed by atoms with van der Waals surface area (Å²) in [4.78, 5) is 0. The normalized spacial score (nSPS) is 12.0. The minimum Gasteiger partial charge on any atom is -0.384 e. The molecule has 0 aliphatic carbocycles. The largest absolute Gasteiger partial charge is 0.384 e. The molecule has 11 aromatic rings. The maximum atomic E-state index is 7.05. The van der Waals surface area contributed by atoms with E-state index in [1.807, 2.05) is 0 Å². The number of aromatic nitrogens is 3. The summed E-state index contributed by atoms with van der Waals surface area (Å²) in [6.07, 6.45) is 4.21. The fraction of sp³-hybridized carbons (Fsp3) is 0.0714. The standard InChI is InChI=1S/C56H44N4/c1-5-10-45-48-33-40(23-29-54(48)59(56(45)57)41-24-21-39(22-25-41)38-19-15-35(2)16-20-38)43-11-6-8-13-50(43)60-51-14-9-7-12-44(51)49-34-42(26-30-55(49)60)58-52-27-17-36(3)31-46(52)47-32-37(4)18-28-53(47)58/h5-34H,57H2,1-4H3/b10-5-.